The Hall–Kier alpha value is -1.31. The van der Waals surface area contributed by atoms with Crippen LogP contribution in [0, 0.1) is 19.8 Å². The second-order valence-electron chi connectivity index (χ2n) is 5.11. The Labute approximate surface area is 103 Å². The van der Waals surface area contributed by atoms with Gasteiger partial charge in [0, 0.05) is 13.5 Å². The minimum absolute atomic E-state index is 0.155. The lowest BCUT2D eigenvalue weighted by atomic mass is 9.86. The number of rotatable bonds is 4. The smallest absolute Gasteiger partial charge is 0.220 e. The topological polar surface area (TPSA) is 29.1 Å². The van der Waals surface area contributed by atoms with Crippen LogP contribution in [0.1, 0.15) is 41.9 Å². The van der Waals surface area contributed by atoms with Crippen LogP contribution >= 0.6 is 0 Å². The van der Waals surface area contributed by atoms with Gasteiger partial charge in [-0.1, -0.05) is 18.2 Å². The van der Waals surface area contributed by atoms with Crippen molar-refractivity contribution < 1.29 is 4.79 Å². The van der Waals surface area contributed by atoms with Crippen LogP contribution in [0.4, 0.5) is 0 Å². The van der Waals surface area contributed by atoms with Crippen molar-refractivity contribution in [3.05, 3.63) is 34.9 Å². The van der Waals surface area contributed by atoms with Gasteiger partial charge in [0.1, 0.15) is 0 Å². The fraction of sp³-hybridized carbons (Fsp3) is 0.533. The van der Waals surface area contributed by atoms with Crippen molar-refractivity contribution in [1.82, 2.24) is 5.32 Å². The molecule has 0 spiro atoms. The van der Waals surface area contributed by atoms with E-state index in [0.717, 1.165) is 0 Å². The monoisotopic (exact) mass is 231 g/mol. The number of aryl methyl sites for hydroxylation is 1. The highest BCUT2D eigenvalue weighted by molar-refractivity contribution is 5.76. The quantitative estimate of drug-likeness (QED) is 0.848. The Kier molecular flexibility index (Phi) is 3.51. The van der Waals surface area contributed by atoms with Gasteiger partial charge in [0.2, 0.25) is 5.91 Å². The summed E-state index contributed by atoms with van der Waals surface area (Å²) in [5.74, 6) is 1.28. The molecule has 92 valence electrons. The van der Waals surface area contributed by atoms with Gasteiger partial charge in [-0.3, -0.25) is 4.79 Å². The fourth-order valence-electron chi connectivity index (χ4n) is 2.51. The van der Waals surface area contributed by atoms with Gasteiger partial charge in [-0.25, -0.2) is 0 Å². The lowest BCUT2D eigenvalue weighted by Gasteiger charge is -2.19. The zero-order valence-electron chi connectivity index (χ0n) is 10.9. The average molecular weight is 231 g/mol. The van der Waals surface area contributed by atoms with E-state index < -0.39 is 0 Å². The number of benzene rings is 1. The maximum Gasteiger partial charge on any atom is 0.220 e. The van der Waals surface area contributed by atoms with Crippen molar-refractivity contribution in [2.75, 3.05) is 7.05 Å². The summed E-state index contributed by atoms with van der Waals surface area (Å²) >= 11 is 0. The molecule has 0 saturated heterocycles. The van der Waals surface area contributed by atoms with Gasteiger partial charge in [-0.2, -0.15) is 0 Å². The molecule has 1 N–H and O–H groups in total. The van der Waals surface area contributed by atoms with Crippen molar-refractivity contribution in [1.29, 1.82) is 0 Å². The minimum Gasteiger partial charge on any atom is -0.359 e. The normalized spacial score (nSPS) is 16.6. The molecule has 0 radical (unpaired) electrons. The average Bonchev–Trinajstić information content (AvgIpc) is 3.14. The van der Waals surface area contributed by atoms with E-state index in [0.29, 0.717) is 18.3 Å². The van der Waals surface area contributed by atoms with E-state index >= 15 is 0 Å². The van der Waals surface area contributed by atoms with E-state index in [-0.39, 0.29) is 5.91 Å². The second-order valence-corrected chi connectivity index (χ2v) is 5.11. The molecule has 1 fully saturated rings. The molecule has 1 amide bonds. The molecule has 1 aliphatic carbocycles. The molecular weight excluding hydrogens is 210 g/mol. The summed E-state index contributed by atoms with van der Waals surface area (Å²) in [5, 5.41) is 2.74. The SMILES string of the molecule is CNC(=O)CC(c1cccc(C)c1C)C1CC1. The molecule has 17 heavy (non-hydrogen) atoms. The molecule has 0 aromatic heterocycles. The summed E-state index contributed by atoms with van der Waals surface area (Å²) in [6.07, 6.45) is 3.18. The second kappa shape index (κ2) is 4.91. The third-order valence-electron chi connectivity index (χ3n) is 3.92. The van der Waals surface area contributed by atoms with Crippen LogP contribution in [-0.4, -0.2) is 13.0 Å². The molecule has 0 heterocycles. The molecule has 1 aliphatic rings. The van der Waals surface area contributed by atoms with Gasteiger partial charge in [-0.15, -0.1) is 0 Å². The van der Waals surface area contributed by atoms with Crippen molar-refractivity contribution >= 4 is 5.91 Å². The molecule has 0 aliphatic heterocycles. The zero-order valence-corrected chi connectivity index (χ0v) is 10.9. The van der Waals surface area contributed by atoms with Crippen LogP contribution in [0.2, 0.25) is 0 Å². The third-order valence-corrected chi connectivity index (χ3v) is 3.92. The number of amides is 1. The minimum atomic E-state index is 0.155. The Morgan fingerprint density at radius 3 is 2.71 bits per heavy atom. The molecule has 2 heteroatoms. The Morgan fingerprint density at radius 2 is 2.12 bits per heavy atom. The molecule has 1 saturated carbocycles. The van der Waals surface area contributed by atoms with Gasteiger partial charge in [0.05, 0.1) is 0 Å². The van der Waals surface area contributed by atoms with E-state index in [9.17, 15) is 4.79 Å². The summed E-state index contributed by atoms with van der Waals surface area (Å²) in [4.78, 5) is 11.6. The van der Waals surface area contributed by atoms with Crippen molar-refractivity contribution in [3.63, 3.8) is 0 Å². The molecule has 2 rings (SSSR count). The molecule has 1 unspecified atom stereocenters. The van der Waals surface area contributed by atoms with E-state index in [1.807, 2.05) is 0 Å². The lowest BCUT2D eigenvalue weighted by molar-refractivity contribution is -0.121. The molecule has 2 nitrogen and oxygen atoms in total. The number of hydrogen-bond donors (Lipinski definition) is 1. The predicted octanol–water partition coefficient (Wildman–Crippen LogP) is 2.93. The summed E-state index contributed by atoms with van der Waals surface area (Å²) in [6.45, 7) is 4.31. The van der Waals surface area contributed by atoms with Crippen molar-refractivity contribution in [2.45, 2.75) is 39.0 Å². The van der Waals surface area contributed by atoms with E-state index in [1.165, 1.54) is 29.5 Å². The number of carbonyl (C=O) groups is 1. The van der Waals surface area contributed by atoms with Crippen LogP contribution in [0.25, 0.3) is 0 Å². The zero-order chi connectivity index (χ0) is 12.4. The van der Waals surface area contributed by atoms with E-state index in [4.69, 9.17) is 0 Å². The third kappa shape index (κ3) is 2.68. The lowest BCUT2D eigenvalue weighted by Crippen LogP contribution is -2.21. The highest BCUT2D eigenvalue weighted by Crippen LogP contribution is 2.45. The first-order valence-electron chi connectivity index (χ1n) is 6.40. The standard InChI is InChI=1S/C15H21NO/c1-10-5-4-6-13(11(10)2)14(12-7-8-12)9-15(17)16-3/h4-6,12,14H,7-9H2,1-3H3,(H,16,17). The largest absolute Gasteiger partial charge is 0.359 e. The van der Waals surface area contributed by atoms with Crippen LogP contribution in [-0.2, 0) is 4.79 Å². The summed E-state index contributed by atoms with van der Waals surface area (Å²) in [6, 6.07) is 6.44. The van der Waals surface area contributed by atoms with Crippen LogP contribution in [0.3, 0.4) is 0 Å². The Bertz CT molecular complexity index is 421. The van der Waals surface area contributed by atoms with Gasteiger partial charge in [0.25, 0.3) is 0 Å². The first-order chi connectivity index (χ1) is 8.13. The van der Waals surface area contributed by atoms with Gasteiger partial charge in [-0.05, 0) is 55.2 Å². The first-order valence-corrected chi connectivity index (χ1v) is 6.40. The van der Waals surface area contributed by atoms with Crippen LogP contribution in [0.5, 0.6) is 0 Å². The molecule has 1 aromatic rings. The molecule has 0 bridgehead atoms. The summed E-state index contributed by atoms with van der Waals surface area (Å²) in [7, 11) is 1.72. The van der Waals surface area contributed by atoms with Crippen molar-refractivity contribution in [3.8, 4) is 0 Å². The van der Waals surface area contributed by atoms with E-state index in [2.05, 4.69) is 37.4 Å². The summed E-state index contributed by atoms with van der Waals surface area (Å²) < 4.78 is 0. The Balaban J connectivity index is 2.26. The molecular formula is C15H21NO. The van der Waals surface area contributed by atoms with E-state index in [1.54, 1.807) is 7.05 Å². The predicted molar refractivity (Wildman–Crippen MR) is 70.1 cm³/mol. The van der Waals surface area contributed by atoms with Gasteiger partial charge in [0.15, 0.2) is 0 Å². The van der Waals surface area contributed by atoms with Gasteiger partial charge < -0.3 is 5.32 Å². The maximum atomic E-state index is 11.6. The van der Waals surface area contributed by atoms with Crippen LogP contribution in [0.15, 0.2) is 18.2 Å². The summed E-state index contributed by atoms with van der Waals surface area (Å²) in [5.41, 5.74) is 4.05. The fourth-order valence-corrected chi connectivity index (χ4v) is 2.51. The molecule has 1 aromatic carbocycles. The number of carbonyl (C=O) groups excluding carboxylic acids is 1. The van der Waals surface area contributed by atoms with Crippen LogP contribution < -0.4 is 5.32 Å². The van der Waals surface area contributed by atoms with Gasteiger partial charge >= 0.3 is 0 Å². The number of nitrogens with one attached hydrogen (secondary N) is 1. The van der Waals surface area contributed by atoms with Crippen molar-refractivity contribution in [2.24, 2.45) is 5.92 Å². The maximum absolute atomic E-state index is 11.6. The highest BCUT2D eigenvalue weighted by Gasteiger charge is 2.34. The number of hydrogen-bond acceptors (Lipinski definition) is 1. The molecule has 1 atom stereocenters. The first kappa shape index (κ1) is 12.2. The Morgan fingerprint density at radius 1 is 1.41 bits per heavy atom. The highest BCUT2D eigenvalue weighted by atomic mass is 16.1.